The van der Waals surface area contributed by atoms with Gasteiger partial charge in [-0.15, -0.1) is 11.3 Å². The molecule has 7 nitrogen and oxygen atoms in total. The number of carbonyl (C=O) groups is 1. The molecule has 4 aromatic rings. The lowest BCUT2D eigenvalue weighted by Gasteiger charge is -2.08. The number of nitrogens with zero attached hydrogens (tertiary/aromatic N) is 2. The lowest BCUT2D eigenvalue weighted by molar-refractivity contribution is 0.0686. The van der Waals surface area contributed by atoms with E-state index in [-0.39, 0.29) is 23.7 Å². The Balaban J connectivity index is 1.77. The Bertz CT molecular complexity index is 1160. The predicted octanol–water partition coefficient (Wildman–Crippen LogP) is 4.47. The van der Waals surface area contributed by atoms with E-state index in [0.29, 0.717) is 26.7 Å². The van der Waals surface area contributed by atoms with E-state index in [1.165, 1.54) is 30.6 Å². The minimum atomic E-state index is -1.08. The highest BCUT2D eigenvalue weighted by Gasteiger charge is 2.19. The molecule has 0 aliphatic carbocycles. The minimum Gasteiger partial charge on any atom is -0.504 e. The molecule has 4 rings (SSSR count). The molecule has 0 fully saturated rings. The number of carboxylic acid groups (broad SMARTS) is 1. The van der Waals surface area contributed by atoms with Gasteiger partial charge in [0.15, 0.2) is 17.3 Å². The van der Waals surface area contributed by atoms with Crippen LogP contribution in [0.2, 0.25) is 4.34 Å². The summed E-state index contributed by atoms with van der Waals surface area (Å²) in [5.41, 5.74) is 1.17. The van der Waals surface area contributed by atoms with E-state index in [9.17, 15) is 15.0 Å². The number of phenols is 1. The summed E-state index contributed by atoms with van der Waals surface area (Å²) in [4.78, 5) is 12.5. The second kappa shape index (κ2) is 6.64. The topological polar surface area (TPSA) is 97.7 Å². The smallest absolute Gasteiger partial charge is 0.352 e. The number of aromatic hydroxyl groups is 1. The Morgan fingerprint density at radius 3 is 2.81 bits per heavy atom. The number of thiophene rings is 1. The van der Waals surface area contributed by atoms with Crippen LogP contribution in [-0.2, 0) is 6.54 Å². The fraction of sp³-hybridized carbons (Fsp3) is 0.111. The van der Waals surface area contributed by atoms with Crippen molar-refractivity contribution in [2.45, 2.75) is 6.54 Å². The summed E-state index contributed by atoms with van der Waals surface area (Å²) in [7, 11) is 1.43. The van der Waals surface area contributed by atoms with Crippen LogP contribution in [0.3, 0.4) is 0 Å². The number of benzene rings is 1. The number of hydrogen-bond acceptors (Lipinski definition) is 6. The fourth-order valence-corrected chi connectivity index (χ4v) is 3.89. The highest BCUT2D eigenvalue weighted by molar-refractivity contribution is 7.19. The average molecular weight is 405 g/mol. The Morgan fingerprint density at radius 2 is 2.15 bits per heavy atom. The van der Waals surface area contributed by atoms with Crippen molar-refractivity contribution in [2.24, 2.45) is 0 Å². The number of halogens is 1. The number of methoxy groups -OCH3 is 1. The van der Waals surface area contributed by atoms with E-state index in [2.05, 4.69) is 5.16 Å². The molecule has 0 spiro atoms. The van der Waals surface area contributed by atoms with Crippen LogP contribution in [0, 0.1) is 0 Å². The minimum absolute atomic E-state index is 0.0707. The van der Waals surface area contributed by atoms with E-state index in [1.807, 2.05) is 6.07 Å². The van der Waals surface area contributed by atoms with Crippen molar-refractivity contribution in [3.05, 3.63) is 52.1 Å². The van der Waals surface area contributed by atoms with Crippen molar-refractivity contribution >= 4 is 39.8 Å². The van der Waals surface area contributed by atoms with Crippen LogP contribution in [0.25, 0.3) is 21.5 Å². The Hall–Kier alpha value is -2.97. The summed E-state index contributed by atoms with van der Waals surface area (Å²) in [5.74, 6) is -0.330. The summed E-state index contributed by atoms with van der Waals surface area (Å²) < 4.78 is 12.6. The van der Waals surface area contributed by atoms with Crippen LogP contribution in [0.4, 0.5) is 0 Å². The SMILES string of the molecule is COc1cc2cc(C(=O)O)n(Cc3cc(-c4ccc(Cl)s4)on3)c2cc1O. The molecular weight excluding hydrogens is 392 g/mol. The Kier molecular flexibility index (Phi) is 4.29. The number of phenolic OH excluding ortho intramolecular Hbond substituents is 1. The predicted molar refractivity (Wildman–Crippen MR) is 101 cm³/mol. The molecule has 1 aromatic carbocycles. The average Bonchev–Trinajstić information content (AvgIpc) is 3.34. The zero-order valence-electron chi connectivity index (χ0n) is 14.0. The maximum atomic E-state index is 11.7. The molecule has 0 aliphatic rings. The second-order valence-corrected chi connectivity index (χ2v) is 7.51. The first-order valence-corrected chi connectivity index (χ1v) is 9.00. The standard InChI is InChI=1S/C18H13ClN2O5S/c1-25-14-5-9-4-12(18(23)24)21(11(9)7-13(14)22)8-10-6-15(26-20-10)16-2-3-17(19)27-16/h2-7,22H,8H2,1H3,(H,23,24). The van der Waals surface area contributed by atoms with E-state index < -0.39 is 5.97 Å². The van der Waals surface area contributed by atoms with Gasteiger partial charge in [0, 0.05) is 17.5 Å². The third kappa shape index (κ3) is 3.13. The quantitative estimate of drug-likeness (QED) is 0.509. The largest absolute Gasteiger partial charge is 0.504 e. The summed E-state index contributed by atoms with van der Waals surface area (Å²) in [6.45, 7) is 0.166. The number of hydrogen-bond donors (Lipinski definition) is 2. The third-order valence-corrected chi connectivity index (χ3v) is 5.36. The molecule has 3 heterocycles. The summed E-state index contributed by atoms with van der Waals surface area (Å²) in [6.07, 6.45) is 0. The zero-order chi connectivity index (χ0) is 19.1. The molecule has 0 amide bonds. The van der Waals surface area contributed by atoms with Gasteiger partial charge in [-0.25, -0.2) is 4.79 Å². The normalized spacial score (nSPS) is 11.2. The van der Waals surface area contributed by atoms with E-state index >= 15 is 0 Å². The summed E-state index contributed by atoms with van der Waals surface area (Å²) >= 11 is 7.31. The highest BCUT2D eigenvalue weighted by Crippen LogP contribution is 2.34. The zero-order valence-corrected chi connectivity index (χ0v) is 15.5. The highest BCUT2D eigenvalue weighted by atomic mass is 35.5. The van der Waals surface area contributed by atoms with Gasteiger partial charge in [-0.1, -0.05) is 16.8 Å². The first-order chi connectivity index (χ1) is 13.0. The van der Waals surface area contributed by atoms with Gasteiger partial charge in [0.05, 0.1) is 28.4 Å². The molecule has 0 unspecified atom stereocenters. The number of rotatable bonds is 5. The number of carboxylic acids is 1. The van der Waals surface area contributed by atoms with E-state index in [4.69, 9.17) is 20.9 Å². The van der Waals surface area contributed by atoms with Gasteiger partial charge in [-0.3, -0.25) is 0 Å². The maximum Gasteiger partial charge on any atom is 0.352 e. The van der Waals surface area contributed by atoms with Crippen molar-refractivity contribution < 1.29 is 24.3 Å². The molecule has 0 radical (unpaired) electrons. The maximum absolute atomic E-state index is 11.7. The number of ether oxygens (including phenoxy) is 1. The molecule has 0 bridgehead atoms. The molecule has 27 heavy (non-hydrogen) atoms. The Morgan fingerprint density at radius 1 is 1.33 bits per heavy atom. The van der Waals surface area contributed by atoms with Crippen LogP contribution >= 0.6 is 22.9 Å². The van der Waals surface area contributed by atoms with Crippen LogP contribution in [-0.4, -0.2) is 33.0 Å². The number of aromatic nitrogens is 2. The van der Waals surface area contributed by atoms with Crippen LogP contribution in [0.5, 0.6) is 11.5 Å². The van der Waals surface area contributed by atoms with Gasteiger partial charge >= 0.3 is 5.97 Å². The third-order valence-electron chi connectivity index (χ3n) is 4.12. The first kappa shape index (κ1) is 17.4. The number of aromatic carboxylic acids is 1. The molecule has 3 aromatic heterocycles. The van der Waals surface area contributed by atoms with Crippen molar-refractivity contribution in [3.63, 3.8) is 0 Å². The lowest BCUT2D eigenvalue weighted by Crippen LogP contribution is -2.09. The van der Waals surface area contributed by atoms with E-state index in [0.717, 1.165) is 4.88 Å². The van der Waals surface area contributed by atoms with Gasteiger partial charge in [0.25, 0.3) is 0 Å². The summed E-state index contributed by atoms with van der Waals surface area (Å²) in [5, 5.41) is 24.3. The summed E-state index contributed by atoms with van der Waals surface area (Å²) in [6, 6.07) is 9.93. The van der Waals surface area contributed by atoms with Crippen molar-refractivity contribution in [3.8, 4) is 22.1 Å². The second-order valence-electron chi connectivity index (χ2n) is 5.79. The van der Waals surface area contributed by atoms with Gasteiger partial charge in [0.2, 0.25) is 0 Å². The molecule has 0 aliphatic heterocycles. The van der Waals surface area contributed by atoms with E-state index in [1.54, 1.807) is 22.8 Å². The fourth-order valence-electron chi connectivity index (χ4n) is 2.90. The van der Waals surface area contributed by atoms with Crippen LogP contribution < -0.4 is 4.74 Å². The molecule has 9 heteroatoms. The van der Waals surface area contributed by atoms with Gasteiger partial charge in [0.1, 0.15) is 11.4 Å². The molecule has 0 atom stereocenters. The lowest BCUT2D eigenvalue weighted by atomic mass is 10.2. The monoisotopic (exact) mass is 404 g/mol. The first-order valence-electron chi connectivity index (χ1n) is 7.81. The molecular formula is C18H13ClN2O5S. The Labute approximate surface area is 162 Å². The van der Waals surface area contributed by atoms with Crippen molar-refractivity contribution in [1.29, 1.82) is 0 Å². The van der Waals surface area contributed by atoms with Gasteiger partial charge in [-0.05, 0) is 24.3 Å². The molecule has 2 N–H and O–H groups in total. The van der Waals surface area contributed by atoms with Crippen molar-refractivity contribution in [1.82, 2.24) is 9.72 Å². The number of fused-ring (bicyclic) bond motifs is 1. The molecule has 138 valence electrons. The van der Waals surface area contributed by atoms with Crippen molar-refractivity contribution in [2.75, 3.05) is 7.11 Å². The van der Waals surface area contributed by atoms with Gasteiger partial charge < -0.3 is 24.0 Å². The van der Waals surface area contributed by atoms with Crippen LogP contribution in [0.1, 0.15) is 16.2 Å². The van der Waals surface area contributed by atoms with Crippen LogP contribution in [0.15, 0.2) is 40.9 Å². The molecule has 0 saturated carbocycles. The van der Waals surface area contributed by atoms with Gasteiger partial charge in [-0.2, -0.15) is 0 Å². The molecule has 0 saturated heterocycles.